The van der Waals surface area contributed by atoms with Crippen LogP contribution in [0.15, 0.2) is 144 Å². The highest BCUT2D eigenvalue weighted by Crippen LogP contribution is 2.46. The van der Waals surface area contributed by atoms with Crippen LogP contribution in [-0.2, 0) is 10.8 Å². The van der Waals surface area contributed by atoms with Crippen molar-refractivity contribution >= 4 is 54.5 Å². The maximum absolute atomic E-state index is 12.3. The molecule has 0 radical (unpaired) electrons. The minimum Gasteiger partial charge on any atom is -0.507 e. The summed E-state index contributed by atoms with van der Waals surface area (Å²) >= 11 is 0. The number of aromatic hydroxyl groups is 1. The quantitative estimate of drug-likeness (QED) is 0.188. The Morgan fingerprint density at radius 1 is 0.619 bits per heavy atom. The molecule has 1 saturated carbocycles. The van der Waals surface area contributed by atoms with Crippen LogP contribution in [-0.4, -0.2) is 19.6 Å². The first-order valence-corrected chi connectivity index (χ1v) is 22.6. The van der Waals surface area contributed by atoms with E-state index in [1.165, 1.54) is 48.8 Å². The molecular formula is C58H53N3O2. The molecule has 0 spiro atoms. The molecule has 1 N–H and O–H groups in total. The Hall–Kier alpha value is -6.72. The largest absolute Gasteiger partial charge is 0.507 e. The molecule has 3 aromatic heterocycles. The van der Waals surface area contributed by atoms with Gasteiger partial charge in [0.2, 0.25) is 0 Å². The predicted molar refractivity (Wildman–Crippen MR) is 262 cm³/mol. The zero-order valence-corrected chi connectivity index (χ0v) is 37.1. The lowest BCUT2D eigenvalue weighted by Crippen LogP contribution is -2.19. The van der Waals surface area contributed by atoms with Gasteiger partial charge in [0.15, 0.2) is 0 Å². The molecule has 7 aromatic carbocycles. The molecule has 312 valence electrons. The van der Waals surface area contributed by atoms with Crippen LogP contribution in [0.5, 0.6) is 5.75 Å². The Morgan fingerprint density at radius 3 is 2.19 bits per heavy atom. The van der Waals surface area contributed by atoms with E-state index < -0.39 is 0 Å². The number of hydrogen-bond donors (Lipinski definition) is 1. The minimum atomic E-state index is -0.211. The minimum absolute atomic E-state index is 0.0445. The number of fused-ring (bicyclic) bond motifs is 7. The molecule has 5 heteroatoms. The van der Waals surface area contributed by atoms with E-state index in [0.29, 0.717) is 22.9 Å². The number of imidazole rings is 1. The first kappa shape index (κ1) is 39.1. The molecule has 0 aliphatic heterocycles. The molecule has 1 aliphatic carbocycles. The molecule has 0 unspecified atom stereocenters. The lowest BCUT2D eigenvalue weighted by Gasteiger charge is -2.28. The summed E-state index contributed by atoms with van der Waals surface area (Å²) in [7, 11) is 0. The van der Waals surface area contributed by atoms with Gasteiger partial charge in [-0.1, -0.05) is 140 Å². The van der Waals surface area contributed by atoms with Crippen molar-refractivity contribution in [2.45, 2.75) is 90.4 Å². The molecule has 0 amide bonds. The number of furan rings is 1. The Labute approximate surface area is 369 Å². The zero-order valence-electron chi connectivity index (χ0n) is 37.1. The lowest BCUT2D eigenvalue weighted by molar-refractivity contribution is 0.443. The Kier molecular flexibility index (Phi) is 9.13. The molecule has 10 aromatic rings. The van der Waals surface area contributed by atoms with Crippen molar-refractivity contribution in [2.75, 3.05) is 0 Å². The second-order valence-electron chi connectivity index (χ2n) is 19.9. The normalized spacial score (nSPS) is 14.2. The molecule has 11 rings (SSSR count). The molecule has 5 nitrogen and oxygen atoms in total. The summed E-state index contributed by atoms with van der Waals surface area (Å²) < 4.78 is 8.89. The molecule has 1 fully saturated rings. The van der Waals surface area contributed by atoms with Gasteiger partial charge in [0.25, 0.3) is 0 Å². The van der Waals surface area contributed by atoms with Crippen molar-refractivity contribution < 1.29 is 9.52 Å². The van der Waals surface area contributed by atoms with Crippen LogP contribution in [0.2, 0.25) is 0 Å². The van der Waals surface area contributed by atoms with Crippen molar-refractivity contribution in [3.8, 4) is 45.2 Å². The third kappa shape index (κ3) is 6.68. The van der Waals surface area contributed by atoms with Gasteiger partial charge < -0.3 is 9.52 Å². The first-order chi connectivity index (χ1) is 30.4. The Bertz CT molecular complexity index is 3420. The smallest absolute Gasteiger partial charge is 0.149 e. The third-order valence-corrected chi connectivity index (χ3v) is 13.6. The average Bonchev–Trinajstić information content (AvgIpc) is 3.86. The van der Waals surface area contributed by atoms with E-state index >= 15 is 0 Å². The van der Waals surface area contributed by atoms with E-state index in [4.69, 9.17) is 14.4 Å². The SMILES string of the molecule is CC(C)(C)c1ccc(-n2c(-c3cc4oc5ccc6ccccc6c5c4cc3O)nc3c(-c4cc(-c5cc(C6CCCCC6)ccn5)cc5ccccc45)cccc32)c(C(C)(C)C)c1. The topological polar surface area (TPSA) is 64.1 Å². The zero-order chi connectivity index (χ0) is 43.2. The van der Waals surface area contributed by atoms with E-state index in [1.54, 1.807) is 0 Å². The van der Waals surface area contributed by atoms with E-state index in [2.05, 4.69) is 161 Å². The summed E-state index contributed by atoms with van der Waals surface area (Å²) in [5.74, 6) is 1.39. The van der Waals surface area contributed by atoms with Crippen molar-refractivity contribution in [2.24, 2.45) is 0 Å². The van der Waals surface area contributed by atoms with Gasteiger partial charge >= 0.3 is 0 Å². The number of para-hydroxylation sites is 1. The van der Waals surface area contributed by atoms with Crippen LogP contribution in [0.25, 0.3) is 94.0 Å². The van der Waals surface area contributed by atoms with E-state index in [1.807, 2.05) is 24.4 Å². The molecule has 0 saturated heterocycles. The fourth-order valence-electron chi connectivity index (χ4n) is 10.3. The second-order valence-corrected chi connectivity index (χ2v) is 19.9. The van der Waals surface area contributed by atoms with Crippen molar-refractivity contribution in [3.05, 3.63) is 156 Å². The number of benzene rings is 7. The average molecular weight is 824 g/mol. The maximum atomic E-state index is 12.3. The number of rotatable bonds is 5. The van der Waals surface area contributed by atoms with Gasteiger partial charge in [-0.05, 0) is 128 Å². The van der Waals surface area contributed by atoms with Gasteiger partial charge in [-0.25, -0.2) is 4.98 Å². The number of aromatic nitrogens is 3. The van der Waals surface area contributed by atoms with Gasteiger partial charge in [0.1, 0.15) is 22.7 Å². The van der Waals surface area contributed by atoms with Crippen LogP contribution in [0.4, 0.5) is 0 Å². The summed E-state index contributed by atoms with van der Waals surface area (Å²) in [5.41, 5.74) is 12.7. The fourth-order valence-corrected chi connectivity index (χ4v) is 10.3. The highest BCUT2D eigenvalue weighted by Gasteiger charge is 2.28. The van der Waals surface area contributed by atoms with Crippen molar-refractivity contribution in [3.63, 3.8) is 0 Å². The van der Waals surface area contributed by atoms with Crippen LogP contribution in [0.3, 0.4) is 0 Å². The van der Waals surface area contributed by atoms with Gasteiger partial charge in [-0.2, -0.15) is 0 Å². The van der Waals surface area contributed by atoms with Gasteiger partial charge in [0, 0.05) is 28.1 Å². The summed E-state index contributed by atoms with van der Waals surface area (Å²) in [5, 5.41) is 18.7. The summed E-state index contributed by atoms with van der Waals surface area (Å²) in [6.45, 7) is 13.6. The van der Waals surface area contributed by atoms with E-state index in [9.17, 15) is 5.11 Å². The second kappa shape index (κ2) is 14.7. The Balaban J connectivity index is 1.18. The van der Waals surface area contributed by atoms with Crippen LogP contribution < -0.4 is 0 Å². The molecule has 63 heavy (non-hydrogen) atoms. The lowest BCUT2D eigenvalue weighted by atomic mass is 9.79. The molecule has 0 bridgehead atoms. The predicted octanol–water partition coefficient (Wildman–Crippen LogP) is 16.0. The van der Waals surface area contributed by atoms with Crippen LogP contribution >= 0.6 is 0 Å². The summed E-state index contributed by atoms with van der Waals surface area (Å²) in [6.07, 6.45) is 8.39. The number of pyridine rings is 1. The number of phenols is 1. The number of phenolic OH excluding ortho intramolecular Hbond substituents is 1. The summed E-state index contributed by atoms with van der Waals surface area (Å²) in [4.78, 5) is 10.6. The maximum Gasteiger partial charge on any atom is 0.149 e. The van der Waals surface area contributed by atoms with Crippen molar-refractivity contribution in [1.29, 1.82) is 0 Å². The highest BCUT2D eigenvalue weighted by molar-refractivity contribution is 6.19. The van der Waals surface area contributed by atoms with Crippen molar-refractivity contribution in [1.82, 2.24) is 14.5 Å². The molecule has 3 heterocycles. The van der Waals surface area contributed by atoms with Gasteiger partial charge in [-0.15, -0.1) is 0 Å². The van der Waals surface area contributed by atoms with Gasteiger partial charge in [0.05, 0.1) is 28.0 Å². The Morgan fingerprint density at radius 2 is 1.40 bits per heavy atom. The highest BCUT2D eigenvalue weighted by atomic mass is 16.3. The van der Waals surface area contributed by atoms with E-state index in [-0.39, 0.29) is 16.6 Å². The van der Waals surface area contributed by atoms with Crippen LogP contribution in [0, 0.1) is 0 Å². The standard InChI is InChI=1S/C58H53N3O2/c1-57(2,3)40-24-25-49(47(32-40)58(4,5)6)61-50-22-14-21-43(44-30-39(29-38-18-11-12-19-41(38)44)48-31-37(27-28-59-48)35-15-8-7-9-16-35)55(50)60-56(61)45-34-53-46(33-51(45)62)54-42-20-13-10-17-36(42)23-26-52(54)63-53/h10-14,17-35,62H,7-9,15-16H2,1-6H3. The van der Waals surface area contributed by atoms with E-state index in [0.717, 1.165) is 77.0 Å². The number of hydrogen-bond acceptors (Lipinski definition) is 4. The van der Waals surface area contributed by atoms with Crippen LogP contribution in [0.1, 0.15) is 96.3 Å². The molecular weight excluding hydrogens is 771 g/mol. The molecule has 0 atom stereocenters. The van der Waals surface area contributed by atoms with Gasteiger partial charge in [-0.3, -0.25) is 9.55 Å². The monoisotopic (exact) mass is 823 g/mol. The number of nitrogens with zero attached hydrogens (tertiary/aromatic N) is 3. The fraction of sp³-hybridized carbons (Fsp3) is 0.241. The summed E-state index contributed by atoms with van der Waals surface area (Å²) in [6, 6.07) is 47.5. The molecule has 1 aliphatic rings. The third-order valence-electron chi connectivity index (χ3n) is 13.6. The first-order valence-electron chi connectivity index (χ1n) is 22.6.